The lowest BCUT2D eigenvalue weighted by Crippen LogP contribution is -2.23. The van der Waals surface area contributed by atoms with E-state index in [0.717, 1.165) is 50.4 Å². The number of hydrogen-bond acceptors (Lipinski definition) is 3. The summed E-state index contributed by atoms with van der Waals surface area (Å²) < 4.78 is 5.57. The topological polar surface area (TPSA) is 38.5 Å². The van der Waals surface area contributed by atoms with Crippen molar-refractivity contribution in [3.63, 3.8) is 0 Å². The fourth-order valence-corrected chi connectivity index (χ4v) is 3.38. The molecule has 3 heteroatoms. The number of hydrogen-bond donors (Lipinski definition) is 1. The highest BCUT2D eigenvalue weighted by molar-refractivity contribution is 5.63. The van der Waals surface area contributed by atoms with Crippen LogP contribution in [0.2, 0.25) is 0 Å². The number of nitrogen functional groups attached to an aromatic ring is 1. The van der Waals surface area contributed by atoms with Gasteiger partial charge < -0.3 is 15.4 Å². The summed E-state index contributed by atoms with van der Waals surface area (Å²) in [6, 6.07) is 12.9. The van der Waals surface area contributed by atoms with Crippen LogP contribution in [0.3, 0.4) is 0 Å². The van der Waals surface area contributed by atoms with E-state index in [1.54, 1.807) is 0 Å². The lowest BCUT2D eigenvalue weighted by atomic mass is 10.1. The molecule has 0 fully saturated rings. The molecule has 21 heavy (non-hydrogen) atoms. The van der Waals surface area contributed by atoms with E-state index in [-0.39, 0.29) is 0 Å². The Labute approximate surface area is 125 Å². The van der Waals surface area contributed by atoms with E-state index in [1.807, 2.05) is 6.07 Å². The van der Waals surface area contributed by atoms with E-state index < -0.39 is 0 Å². The van der Waals surface area contributed by atoms with Crippen LogP contribution in [0.4, 0.5) is 11.4 Å². The van der Waals surface area contributed by atoms with Gasteiger partial charge in [-0.15, -0.1) is 0 Å². The highest BCUT2D eigenvalue weighted by Gasteiger charge is 2.19. The Morgan fingerprint density at radius 2 is 2.00 bits per heavy atom. The smallest absolute Gasteiger partial charge is 0.122 e. The molecular weight excluding hydrogens is 260 g/mol. The third-order valence-electron chi connectivity index (χ3n) is 4.52. The molecule has 2 aromatic rings. The first-order chi connectivity index (χ1) is 10.3. The van der Waals surface area contributed by atoms with E-state index >= 15 is 0 Å². The highest BCUT2D eigenvalue weighted by atomic mass is 16.5. The van der Waals surface area contributed by atoms with Crippen molar-refractivity contribution in [1.82, 2.24) is 0 Å². The molecule has 0 atom stereocenters. The van der Waals surface area contributed by atoms with E-state index in [4.69, 9.17) is 10.5 Å². The second kappa shape index (κ2) is 4.99. The quantitative estimate of drug-likeness (QED) is 0.879. The van der Waals surface area contributed by atoms with Crippen molar-refractivity contribution in [3.05, 3.63) is 53.1 Å². The van der Waals surface area contributed by atoms with Gasteiger partial charge in [0.25, 0.3) is 0 Å². The van der Waals surface area contributed by atoms with Crippen LogP contribution in [0.25, 0.3) is 0 Å². The molecule has 2 heterocycles. The van der Waals surface area contributed by atoms with Crippen molar-refractivity contribution in [3.8, 4) is 5.75 Å². The minimum Gasteiger partial charge on any atom is -0.493 e. The van der Waals surface area contributed by atoms with E-state index in [2.05, 4.69) is 35.2 Å². The van der Waals surface area contributed by atoms with Gasteiger partial charge in [-0.1, -0.05) is 12.1 Å². The maximum Gasteiger partial charge on any atom is 0.122 e. The van der Waals surface area contributed by atoms with E-state index in [1.165, 1.54) is 22.4 Å². The maximum atomic E-state index is 5.86. The standard InChI is InChI=1S/C18H20N2O/c19-16-2-3-17-14(12-16)6-9-20(17)8-5-13-1-4-18-15(11-13)7-10-21-18/h1-4,11-12H,5-10,19H2. The zero-order valence-electron chi connectivity index (χ0n) is 12.1. The molecule has 2 N–H and O–H groups in total. The van der Waals surface area contributed by atoms with Crippen LogP contribution in [0.15, 0.2) is 36.4 Å². The van der Waals surface area contributed by atoms with Gasteiger partial charge in [0.15, 0.2) is 0 Å². The van der Waals surface area contributed by atoms with Gasteiger partial charge in [-0.25, -0.2) is 0 Å². The summed E-state index contributed by atoms with van der Waals surface area (Å²) in [5, 5.41) is 0. The molecule has 3 nitrogen and oxygen atoms in total. The molecule has 0 amide bonds. The zero-order chi connectivity index (χ0) is 14.2. The Bertz CT molecular complexity index is 681. The second-order valence-electron chi connectivity index (χ2n) is 5.92. The molecule has 0 spiro atoms. The first-order valence-electron chi connectivity index (χ1n) is 7.67. The van der Waals surface area contributed by atoms with Crippen molar-refractivity contribution < 1.29 is 4.74 Å². The number of nitrogens with two attached hydrogens (primary N) is 1. The summed E-state index contributed by atoms with van der Waals surface area (Å²) in [7, 11) is 0. The fourth-order valence-electron chi connectivity index (χ4n) is 3.38. The van der Waals surface area contributed by atoms with Crippen molar-refractivity contribution in [1.29, 1.82) is 0 Å². The second-order valence-corrected chi connectivity index (χ2v) is 5.92. The van der Waals surface area contributed by atoms with Crippen LogP contribution < -0.4 is 15.4 Å². The van der Waals surface area contributed by atoms with Gasteiger partial charge in [-0.3, -0.25) is 0 Å². The average Bonchev–Trinajstić information content (AvgIpc) is 3.10. The molecule has 4 rings (SSSR count). The van der Waals surface area contributed by atoms with Gasteiger partial charge in [-0.2, -0.15) is 0 Å². The first-order valence-corrected chi connectivity index (χ1v) is 7.67. The number of anilines is 2. The maximum absolute atomic E-state index is 5.86. The molecule has 2 aliphatic heterocycles. The molecule has 2 aromatic carbocycles. The Morgan fingerprint density at radius 3 is 2.95 bits per heavy atom. The third kappa shape index (κ3) is 2.33. The number of benzene rings is 2. The van der Waals surface area contributed by atoms with Gasteiger partial charge in [-0.05, 0) is 53.8 Å². The average molecular weight is 280 g/mol. The first kappa shape index (κ1) is 12.6. The van der Waals surface area contributed by atoms with Crippen LogP contribution in [-0.4, -0.2) is 19.7 Å². The van der Waals surface area contributed by atoms with Crippen LogP contribution in [0.1, 0.15) is 16.7 Å². The number of rotatable bonds is 3. The predicted molar refractivity (Wildman–Crippen MR) is 86.1 cm³/mol. The number of ether oxygens (including phenoxy) is 1. The molecule has 0 saturated heterocycles. The van der Waals surface area contributed by atoms with Crippen molar-refractivity contribution in [2.45, 2.75) is 19.3 Å². The molecule has 0 aromatic heterocycles. The zero-order valence-corrected chi connectivity index (χ0v) is 12.1. The van der Waals surface area contributed by atoms with Crippen LogP contribution in [0.5, 0.6) is 5.75 Å². The SMILES string of the molecule is Nc1ccc2c(c1)CCN2CCc1ccc2c(c1)CCO2. The summed E-state index contributed by atoms with van der Waals surface area (Å²) in [6.07, 6.45) is 3.24. The monoisotopic (exact) mass is 280 g/mol. The number of fused-ring (bicyclic) bond motifs is 2. The predicted octanol–water partition coefficient (Wildman–Crippen LogP) is 2.81. The lowest BCUT2D eigenvalue weighted by Gasteiger charge is -2.19. The molecule has 0 unspecified atom stereocenters. The molecule has 108 valence electrons. The summed E-state index contributed by atoms with van der Waals surface area (Å²) >= 11 is 0. The van der Waals surface area contributed by atoms with Gasteiger partial charge in [0.1, 0.15) is 5.75 Å². The lowest BCUT2D eigenvalue weighted by molar-refractivity contribution is 0.357. The largest absolute Gasteiger partial charge is 0.493 e. The van der Waals surface area contributed by atoms with Crippen molar-refractivity contribution >= 4 is 11.4 Å². The molecule has 0 aliphatic carbocycles. The van der Waals surface area contributed by atoms with Gasteiger partial charge in [0, 0.05) is 30.9 Å². The Balaban J connectivity index is 1.46. The van der Waals surface area contributed by atoms with Crippen LogP contribution >= 0.6 is 0 Å². The Hall–Kier alpha value is -2.16. The molecule has 0 bridgehead atoms. The van der Waals surface area contributed by atoms with Gasteiger partial charge in [0.05, 0.1) is 6.61 Å². The number of nitrogens with zero attached hydrogens (tertiary/aromatic N) is 1. The highest BCUT2D eigenvalue weighted by Crippen LogP contribution is 2.30. The Kier molecular flexibility index (Phi) is 2.99. The van der Waals surface area contributed by atoms with Crippen molar-refractivity contribution in [2.75, 3.05) is 30.3 Å². The van der Waals surface area contributed by atoms with E-state index in [9.17, 15) is 0 Å². The molecule has 0 saturated carbocycles. The minimum atomic E-state index is 0.833. The molecule has 0 radical (unpaired) electrons. The summed E-state index contributed by atoms with van der Waals surface area (Å²) in [6.45, 7) is 3.00. The normalized spacial score (nSPS) is 15.7. The van der Waals surface area contributed by atoms with Crippen LogP contribution in [-0.2, 0) is 19.3 Å². The Morgan fingerprint density at radius 1 is 1.05 bits per heavy atom. The fraction of sp³-hybridized carbons (Fsp3) is 0.333. The molecule has 2 aliphatic rings. The van der Waals surface area contributed by atoms with Crippen molar-refractivity contribution in [2.24, 2.45) is 0 Å². The molecular formula is C18H20N2O. The van der Waals surface area contributed by atoms with Gasteiger partial charge >= 0.3 is 0 Å². The van der Waals surface area contributed by atoms with Gasteiger partial charge in [0.2, 0.25) is 0 Å². The summed E-state index contributed by atoms with van der Waals surface area (Å²) in [5.74, 6) is 1.07. The summed E-state index contributed by atoms with van der Waals surface area (Å²) in [5.41, 5.74) is 12.2. The third-order valence-corrected chi connectivity index (χ3v) is 4.52. The summed E-state index contributed by atoms with van der Waals surface area (Å²) in [4.78, 5) is 2.47. The van der Waals surface area contributed by atoms with E-state index in [0.29, 0.717) is 0 Å². The minimum absolute atomic E-state index is 0.833. The van der Waals surface area contributed by atoms with Crippen LogP contribution in [0, 0.1) is 0 Å².